The number of ether oxygens (including phenoxy) is 2. The Morgan fingerprint density at radius 1 is 1.12 bits per heavy atom. The van der Waals surface area contributed by atoms with Crippen LogP contribution in [0.5, 0.6) is 0 Å². The van der Waals surface area contributed by atoms with Gasteiger partial charge in [0, 0.05) is 30.9 Å². The fraction of sp³-hybridized carbons (Fsp3) is 0.487. The van der Waals surface area contributed by atoms with E-state index in [-0.39, 0.29) is 48.7 Å². The number of rotatable bonds is 18. The maximum Gasteiger partial charge on any atom is 0.313 e. The number of nitrogens with zero attached hydrogens (tertiary/aromatic N) is 2. The van der Waals surface area contributed by atoms with E-state index in [1.807, 2.05) is 30.3 Å². The molecule has 1 unspecified atom stereocenters. The molecule has 2 N–H and O–H groups in total. The van der Waals surface area contributed by atoms with Crippen molar-refractivity contribution in [2.45, 2.75) is 86.6 Å². The smallest absolute Gasteiger partial charge is 0.313 e. The zero-order valence-corrected chi connectivity index (χ0v) is 31.3. The molecule has 0 aromatic heterocycles. The van der Waals surface area contributed by atoms with Crippen molar-refractivity contribution in [1.29, 1.82) is 0 Å². The van der Waals surface area contributed by atoms with Gasteiger partial charge in [-0.05, 0) is 50.3 Å². The zero-order chi connectivity index (χ0) is 36.7. The Labute approximate surface area is 313 Å². The standard InChI is InChI=1S/C39H47BrClN3O7/c1-4-6-20-30(46)42-25(3)33(26-16-10-9-11-17-26)50-38(49)31-32-36(47)44(22-14-7-8-15-23-45)35(39(32)24-27(40)34(31)51-39)37(48)43(21-5-2)29-19-13-12-18-28(29)41/h4-5,9-13,16-19,25,27,31-35,45H,1-2,6-8,14-15,20-24H2,3H3,(H,42,46)/t25-,27?,31+,32-,33-,34+,35+,39-/m1/s1. The predicted molar refractivity (Wildman–Crippen MR) is 199 cm³/mol. The van der Waals surface area contributed by atoms with Crippen LogP contribution >= 0.6 is 27.5 Å². The third-order valence-corrected chi connectivity index (χ3v) is 11.3. The van der Waals surface area contributed by atoms with E-state index in [0.29, 0.717) is 42.0 Å². The molecule has 51 heavy (non-hydrogen) atoms. The van der Waals surface area contributed by atoms with Crippen molar-refractivity contribution in [3.8, 4) is 0 Å². The maximum atomic E-state index is 14.9. The predicted octanol–water partition coefficient (Wildman–Crippen LogP) is 5.92. The number of carbonyl (C=O) groups excluding carboxylic acids is 4. The van der Waals surface area contributed by atoms with E-state index in [0.717, 1.165) is 12.8 Å². The number of para-hydroxylation sites is 1. The summed E-state index contributed by atoms with van der Waals surface area (Å²) in [5.74, 6) is -3.52. The molecule has 2 aromatic rings. The van der Waals surface area contributed by atoms with Gasteiger partial charge in [-0.25, -0.2) is 0 Å². The fourth-order valence-corrected chi connectivity index (χ4v) is 9.04. The first-order valence-corrected chi connectivity index (χ1v) is 18.9. The van der Waals surface area contributed by atoms with Crippen LogP contribution in [0.15, 0.2) is 79.9 Å². The molecule has 5 rings (SSSR count). The fourth-order valence-electron chi connectivity index (χ4n) is 7.86. The molecule has 1 spiro atoms. The van der Waals surface area contributed by atoms with E-state index in [2.05, 4.69) is 34.4 Å². The lowest BCUT2D eigenvalue weighted by molar-refractivity contribution is -0.162. The Balaban J connectivity index is 1.49. The van der Waals surface area contributed by atoms with Crippen LogP contribution in [-0.4, -0.2) is 82.0 Å². The Bertz CT molecular complexity index is 1590. The van der Waals surface area contributed by atoms with Gasteiger partial charge in [0.15, 0.2) is 0 Å². The van der Waals surface area contributed by atoms with Crippen LogP contribution in [0.1, 0.15) is 63.5 Å². The molecule has 0 saturated carbocycles. The highest BCUT2D eigenvalue weighted by Gasteiger charge is 2.77. The normalized spacial score (nSPS) is 25.9. The molecule has 0 aliphatic carbocycles. The minimum Gasteiger partial charge on any atom is -0.455 e. The summed E-state index contributed by atoms with van der Waals surface area (Å²) in [5.41, 5.74) is -0.144. The average Bonchev–Trinajstić information content (AvgIpc) is 3.71. The van der Waals surface area contributed by atoms with Gasteiger partial charge in [-0.1, -0.05) is 95.0 Å². The minimum atomic E-state index is -1.31. The van der Waals surface area contributed by atoms with E-state index in [9.17, 15) is 24.3 Å². The van der Waals surface area contributed by atoms with Gasteiger partial charge >= 0.3 is 5.97 Å². The van der Waals surface area contributed by atoms with Crippen LogP contribution in [0.25, 0.3) is 0 Å². The van der Waals surface area contributed by atoms with E-state index < -0.39 is 47.7 Å². The van der Waals surface area contributed by atoms with Gasteiger partial charge in [0.1, 0.15) is 17.7 Å². The molecule has 3 saturated heterocycles. The van der Waals surface area contributed by atoms with Crippen LogP contribution in [0, 0.1) is 11.8 Å². The first-order chi connectivity index (χ1) is 24.6. The molecule has 2 bridgehead atoms. The van der Waals surface area contributed by atoms with E-state index in [1.54, 1.807) is 48.2 Å². The average molecular weight is 785 g/mol. The molecular weight excluding hydrogens is 738 g/mol. The number of hydrogen-bond donors (Lipinski definition) is 2. The number of nitrogens with one attached hydrogen (secondary N) is 1. The number of amides is 3. The van der Waals surface area contributed by atoms with Crippen molar-refractivity contribution in [3.05, 3.63) is 90.5 Å². The molecule has 2 aromatic carbocycles. The summed E-state index contributed by atoms with van der Waals surface area (Å²) < 4.78 is 13.0. The number of likely N-dealkylation sites (tertiary alicyclic amines) is 1. The number of aliphatic hydroxyl groups excluding tert-OH is 1. The number of halogens is 2. The molecule has 3 aliphatic heterocycles. The summed E-state index contributed by atoms with van der Waals surface area (Å²) in [6, 6.07) is 14.5. The summed E-state index contributed by atoms with van der Waals surface area (Å²) >= 11 is 10.3. The largest absolute Gasteiger partial charge is 0.455 e. The zero-order valence-electron chi connectivity index (χ0n) is 28.9. The number of carbonyl (C=O) groups is 4. The van der Waals surface area contributed by atoms with Gasteiger partial charge in [-0.2, -0.15) is 0 Å². The number of benzene rings is 2. The van der Waals surface area contributed by atoms with Gasteiger partial charge in [0.25, 0.3) is 5.91 Å². The molecule has 3 amide bonds. The molecule has 0 radical (unpaired) electrons. The Hall–Kier alpha value is -3.51. The molecule has 274 valence electrons. The highest BCUT2D eigenvalue weighted by atomic mass is 79.9. The molecule has 3 aliphatic rings. The van der Waals surface area contributed by atoms with Crippen molar-refractivity contribution < 1.29 is 33.8 Å². The summed E-state index contributed by atoms with van der Waals surface area (Å²) in [7, 11) is 0. The second kappa shape index (κ2) is 17.3. The molecule has 3 fully saturated rings. The second-order valence-electron chi connectivity index (χ2n) is 13.5. The van der Waals surface area contributed by atoms with Crippen molar-refractivity contribution >= 4 is 56.9 Å². The van der Waals surface area contributed by atoms with Crippen LogP contribution in [-0.2, 0) is 28.7 Å². The number of allylic oxidation sites excluding steroid dienone is 1. The third kappa shape index (κ3) is 7.96. The number of aliphatic hydroxyl groups is 1. The monoisotopic (exact) mass is 783 g/mol. The second-order valence-corrected chi connectivity index (χ2v) is 15.1. The topological polar surface area (TPSA) is 125 Å². The summed E-state index contributed by atoms with van der Waals surface area (Å²) in [6.45, 7) is 9.82. The number of hydrogen-bond acceptors (Lipinski definition) is 7. The molecule has 10 nitrogen and oxygen atoms in total. The lowest BCUT2D eigenvalue weighted by Crippen LogP contribution is -2.57. The number of alkyl halides is 1. The third-order valence-electron chi connectivity index (χ3n) is 10.1. The van der Waals surface area contributed by atoms with E-state index in [1.165, 1.54) is 4.90 Å². The van der Waals surface area contributed by atoms with Crippen LogP contribution in [0.2, 0.25) is 5.02 Å². The summed E-state index contributed by atoms with van der Waals surface area (Å²) in [5, 5.41) is 12.6. The SMILES string of the molecule is C=CCCC(=O)N[C@H](C)[C@@H](OC(=O)[C@@H]1[C@H]2O[C@@]3(CC2Br)[C@H](C(=O)N(CC=C)c2ccccc2Cl)N(CCCCCCO)C(=O)[C@@H]13)c1ccccc1. The van der Waals surface area contributed by atoms with E-state index >= 15 is 0 Å². The van der Waals surface area contributed by atoms with Gasteiger partial charge in [0.05, 0.1) is 34.7 Å². The first kappa shape index (κ1) is 38.7. The lowest BCUT2D eigenvalue weighted by atomic mass is 9.70. The van der Waals surface area contributed by atoms with Gasteiger partial charge in [-0.15, -0.1) is 13.2 Å². The first-order valence-electron chi connectivity index (χ1n) is 17.6. The van der Waals surface area contributed by atoms with E-state index in [4.69, 9.17) is 21.1 Å². The van der Waals surface area contributed by atoms with Gasteiger partial charge in [0.2, 0.25) is 11.8 Å². The quantitative estimate of drug-likeness (QED) is 0.0834. The summed E-state index contributed by atoms with van der Waals surface area (Å²) in [4.78, 5) is 59.4. The van der Waals surface area contributed by atoms with Crippen molar-refractivity contribution in [1.82, 2.24) is 10.2 Å². The molecule has 3 heterocycles. The number of fused-ring (bicyclic) bond motifs is 1. The minimum absolute atomic E-state index is 0.0794. The lowest BCUT2D eigenvalue weighted by Gasteiger charge is -2.37. The molecule has 12 heteroatoms. The van der Waals surface area contributed by atoms with Crippen LogP contribution in [0.3, 0.4) is 0 Å². The number of unbranched alkanes of at least 4 members (excludes halogenated alkanes) is 3. The van der Waals surface area contributed by atoms with Crippen molar-refractivity contribution in [2.24, 2.45) is 11.8 Å². The number of anilines is 1. The van der Waals surface area contributed by atoms with Crippen molar-refractivity contribution in [2.75, 3.05) is 24.6 Å². The Morgan fingerprint density at radius 3 is 2.51 bits per heavy atom. The van der Waals surface area contributed by atoms with Gasteiger partial charge in [-0.3, -0.25) is 19.2 Å². The highest BCUT2D eigenvalue weighted by molar-refractivity contribution is 9.09. The molecular formula is C39H47BrClN3O7. The highest BCUT2D eigenvalue weighted by Crippen LogP contribution is 2.60. The van der Waals surface area contributed by atoms with Crippen molar-refractivity contribution in [3.63, 3.8) is 0 Å². The molecule has 8 atom stereocenters. The maximum absolute atomic E-state index is 14.9. The van der Waals surface area contributed by atoms with Gasteiger partial charge < -0.3 is 29.7 Å². The number of esters is 1. The summed E-state index contributed by atoms with van der Waals surface area (Å²) in [6.07, 6.45) is 5.53. The van der Waals surface area contributed by atoms with Crippen LogP contribution < -0.4 is 10.2 Å². The van der Waals surface area contributed by atoms with Crippen LogP contribution in [0.4, 0.5) is 5.69 Å². The Morgan fingerprint density at radius 2 is 1.82 bits per heavy atom. The Kier molecular flexibility index (Phi) is 13.2.